The summed E-state index contributed by atoms with van der Waals surface area (Å²) < 4.78 is 0. The van der Waals surface area contributed by atoms with Gasteiger partial charge in [0.2, 0.25) is 0 Å². The van der Waals surface area contributed by atoms with Gasteiger partial charge in [0.1, 0.15) is 0 Å². The molecule has 0 bridgehead atoms. The number of pyridine rings is 1. The van der Waals surface area contributed by atoms with E-state index in [1.165, 1.54) is 21.6 Å². The van der Waals surface area contributed by atoms with E-state index < -0.39 is 0 Å². The van der Waals surface area contributed by atoms with Crippen LogP contribution in [0.2, 0.25) is 0 Å². The molecule has 0 amide bonds. The highest BCUT2D eigenvalue weighted by atomic mass is 32.1. The summed E-state index contributed by atoms with van der Waals surface area (Å²) >= 11 is 1.86. The average Bonchev–Trinajstić information content (AvgIpc) is 2.99. The molecular formula is C20H22N2S. The van der Waals surface area contributed by atoms with Gasteiger partial charge in [-0.15, -0.1) is 11.3 Å². The Morgan fingerprint density at radius 2 is 1.70 bits per heavy atom. The predicted octanol–water partition coefficient (Wildman–Crippen LogP) is 4.70. The number of aromatic nitrogens is 1. The Labute approximate surface area is 142 Å². The van der Waals surface area contributed by atoms with Crippen molar-refractivity contribution in [2.24, 2.45) is 0 Å². The molecule has 2 aromatic heterocycles. The molecule has 2 nitrogen and oxygen atoms in total. The van der Waals surface area contributed by atoms with Crippen LogP contribution >= 0.6 is 11.3 Å². The maximum absolute atomic E-state index is 4.12. The number of benzene rings is 1. The van der Waals surface area contributed by atoms with E-state index in [1.807, 2.05) is 23.7 Å². The van der Waals surface area contributed by atoms with Crippen molar-refractivity contribution < 1.29 is 0 Å². The van der Waals surface area contributed by atoms with Gasteiger partial charge in [0.05, 0.1) is 0 Å². The van der Waals surface area contributed by atoms with E-state index in [4.69, 9.17) is 0 Å². The van der Waals surface area contributed by atoms with Gasteiger partial charge >= 0.3 is 0 Å². The molecule has 3 aromatic rings. The zero-order valence-corrected chi connectivity index (χ0v) is 14.3. The quantitative estimate of drug-likeness (QED) is 0.627. The van der Waals surface area contributed by atoms with Crippen LogP contribution in [0.15, 0.2) is 66.3 Å². The minimum Gasteiger partial charge on any atom is -0.294 e. The summed E-state index contributed by atoms with van der Waals surface area (Å²) in [5.74, 6) is 0. The van der Waals surface area contributed by atoms with Crippen LogP contribution < -0.4 is 0 Å². The summed E-state index contributed by atoms with van der Waals surface area (Å²) in [4.78, 5) is 8.11. The highest BCUT2D eigenvalue weighted by Gasteiger charge is 2.10. The molecule has 0 aliphatic heterocycles. The van der Waals surface area contributed by atoms with Gasteiger partial charge < -0.3 is 0 Å². The first kappa shape index (κ1) is 15.9. The molecule has 0 aliphatic rings. The zero-order chi connectivity index (χ0) is 15.9. The van der Waals surface area contributed by atoms with Crippen molar-refractivity contribution in [3.63, 3.8) is 0 Å². The van der Waals surface area contributed by atoms with Crippen molar-refractivity contribution in [2.75, 3.05) is 6.54 Å². The van der Waals surface area contributed by atoms with Crippen LogP contribution in [0.5, 0.6) is 0 Å². The molecule has 0 spiro atoms. The van der Waals surface area contributed by atoms with Gasteiger partial charge in [-0.2, -0.15) is 0 Å². The summed E-state index contributed by atoms with van der Waals surface area (Å²) in [5.41, 5.74) is 4.12. The van der Waals surface area contributed by atoms with Gasteiger partial charge in [0.25, 0.3) is 0 Å². The van der Waals surface area contributed by atoms with Crippen molar-refractivity contribution in [1.29, 1.82) is 0 Å². The van der Waals surface area contributed by atoms with E-state index in [1.54, 1.807) is 0 Å². The highest BCUT2D eigenvalue weighted by Crippen LogP contribution is 2.19. The number of rotatable bonds is 7. The third-order valence-corrected chi connectivity index (χ3v) is 5.06. The average molecular weight is 322 g/mol. The third kappa shape index (κ3) is 4.75. The van der Waals surface area contributed by atoms with E-state index in [-0.39, 0.29) is 0 Å². The van der Waals surface area contributed by atoms with Gasteiger partial charge in [-0.1, -0.05) is 30.3 Å². The first-order valence-corrected chi connectivity index (χ1v) is 8.87. The van der Waals surface area contributed by atoms with Gasteiger partial charge in [0, 0.05) is 36.9 Å². The van der Waals surface area contributed by atoms with Crippen LogP contribution in [-0.2, 0) is 19.5 Å². The lowest BCUT2D eigenvalue weighted by molar-refractivity contribution is 0.262. The van der Waals surface area contributed by atoms with Gasteiger partial charge in [-0.25, -0.2) is 0 Å². The Bertz CT molecular complexity index is 707. The lowest BCUT2D eigenvalue weighted by atomic mass is 10.1. The Morgan fingerprint density at radius 3 is 2.39 bits per heavy atom. The second kappa shape index (κ2) is 8.04. The lowest BCUT2D eigenvalue weighted by Gasteiger charge is -2.22. The smallest absolute Gasteiger partial charge is 0.0334 e. The fraction of sp³-hybridized carbons (Fsp3) is 0.250. The van der Waals surface area contributed by atoms with Crippen molar-refractivity contribution in [2.45, 2.75) is 26.4 Å². The molecule has 0 saturated carbocycles. The van der Waals surface area contributed by atoms with Crippen molar-refractivity contribution in [3.05, 3.63) is 87.9 Å². The van der Waals surface area contributed by atoms with Gasteiger partial charge in [0.15, 0.2) is 0 Å². The molecular weight excluding hydrogens is 300 g/mol. The van der Waals surface area contributed by atoms with E-state index in [2.05, 4.69) is 70.7 Å². The SMILES string of the molecule is Cc1ccsc1CN(CCc1ccccc1)Cc1ccncc1. The molecule has 2 heterocycles. The summed E-state index contributed by atoms with van der Waals surface area (Å²) in [6.07, 6.45) is 4.83. The Morgan fingerprint density at radius 1 is 0.913 bits per heavy atom. The molecule has 1 aromatic carbocycles. The predicted molar refractivity (Wildman–Crippen MR) is 97.6 cm³/mol. The number of thiophene rings is 1. The fourth-order valence-electron chi connectivity index (χ4n) is 2.66. The van der Waals surface area contributed by atoms with E-state index in [0.717, 1.165) is 26.1 Å². The number of hydrogen-bond donors (Lipinski definition) is 0. The Kier molecular flexibility index (Phi) is 5.56. The minimum absolute atomic E-state index is 0.965. The maximum Gasteiger partial charge on any atom is 0.0334 e. The number of aryl methyl sites for hydroxylation is 1. The van der Waals surface area contributed by atoms with Crippen LogP contribution in [0.4, 0.5) is 0 Å². The fourth-order valence-corrected chi connectivity index (χ4v) is 3.61. The topological polar surface area (TPSA) is 16.1 Å². The van der Waals surface area contributed by atoms with Crippen LogP contribution in [0.1, 0.15) is 21.6 Å². The summed E-state index contributed by atoms with van der Waals surface area (Å²) in [7, 11) is 0. The van der Waals surface area contributed by atoms with E-state index >= 15 is 0 Å². The normalized spacial score (nSPS) is 11.0. The Balaban J connectivity index is 1.69. The molecule has 3 heteroatoms. The van der Waals surface area contributed by atoms with Crippen molar-refractivity contribution >= 4 is 11.3 Å². The maximum atomic E-state index is 4.12. The van der Waals surface area contributed by atoms with Crippen molar-refractivity contribution in [3.8, 4) is 0 Å². The van der Waals surface area contributed by atoms with Crippen LogP contribution in [0.3, 0.4) is 0 Å². The highest BCUT2D eigenvalue weighted by molar-refractivity contribution is 7.10. The number of hydrogen-bond acceptors (Lipinski definition) is 3. The van der Waals surface area contributed by atoms with Gasteiger partial charge in [-0.3, -0.25) is 9.88 Å². The molecule has 3 rings (SSSR count). The molecule has 0 N–H and O–H groups in total. The molecule has 0 saturated heterocycles. The molecule has 118 valence electrons. The lowest BCUT2D eigenvalue weighted by Crippen LogP contribution is -2.25. The standard InChI is InChI=1S/C20H22N2S/c1-17-10-14-23-20(17)16-22(15-19-7-11-21-12-8-19)13-9-18-5-3-2-4-6-18/h2-8,10-12,14H,9,13,15-16H2,1H3. The summed E-state index contributed by atoms with van der Waals surface area (Å²) in [6.45, 7) is 5.24. The first-order chi connectivity index (χ1) is 11.3. The third-order valence-electron chi connectivity index (χ3n) is 4.05. The monoisotopic (exact) mass is 322 g/mol. The first-order valence-electron chi connectivity index (χ1n) is 7.99. The molecule has 0 atom stereocenters. The molecule has 0 unspecified atom stereocenters. The molecule has 0 aliphatic carbocycles. The van der Waals surface area contributed by atoms with Crippen LogP contribution in [0.25, 0.3) is 0 Å². The molecule has 23 heavy (non-hydrogen) atoms. The van der Waals surface area contributed by atoms with E-state index in [9.17, 15) is 0 Å². The largest absolute Gasteiger partial charge is 0.294 e. The zero-order valence-electron chi connectivity index (χ0n) is 13.5. The summed E-state index contributed by atoms with van der Waals surface area (Å²) in [6, 6.07) is 17.2. The van der Waals surface area contributed by atoms with Crippen LogP contribution in [0, 0.1) is 6.92 Å². The minimum atomic E-state index is 0.965. The second-order valence-electron chi connectivity index (χ2n) is 5.83. The van der Waals surface area contributed by atoms with Gasteiger partial charge in [-0.05, 0) is 53.6 Å². The van der Waals surface area contributed by atoms with Crippen molar-refractivity contribution in [1.82, 2.24) is 9.88 Å². The molecule has 0 radical (unpaired) electrons. The Hall–Kier alpha value is -1.97. The second-order valence-corrected chi connectivity index (χ2v) is 6.83. The van der Waals surface area contributed by atoms with Crippen LogP contribution in [-0.4, -0.2) is 16.4 Å². The summed E-state index contributed by atoms with van der Waals surface area (Å²) in [5, 5.41) is 2.19. The number of nitrogens with zero attached hydrogens (tertiary/aromatic N) is 2. The van der Waals surface area contributed by atoms with E-state index in [0.29, 0.717) is 0 Å². The molecule has 0 fully saturated rings.